The molecule has 14 heteroatoms. The number of piperidine rings is 1. The lowest BCUT2D eigenvalue weighted by Crippen LogP contribution is -2.53. The lowest BCUT2D eigenvalue weighted by molar-refractivity contribution is -0.135. The highest BCUT2D eigenvalue weighted by Gasteiger charge is 2.45. The minimum absolute atomic E-state index is 0.0276. The van der Waals surface area contributed by atoms with E-state index in [0.29, 0.717) is 53.1 Å². The van der Waals surface area contributed by atoms with E-state index in [2.05, 4.69) is 21.2 Å². The molecule has 1 amide bonds. The molecule has 0 radical (unpaired) electrons. The van der Waals surface area contributed by atoms with E-state index < -0.39 is 37.5 Å². The highest BCUT2D eigenvalue weighted by Crippen LogP contribution is 2.37. The van der Waals surface area contributed by atoms with Gasteiger partial charge in [-0.3, -0.25) is 4.79 Å². The van der Waals surface area contributed by atoms with Crippen molar-refractivity contribution >= 4 is 53.3 Å². The second-order valence-electron chi connectivity index (χ2n) is 10.6. The zero-order chi connectivity index (χ0) is 31.3. The molecule has 2 saturated heterocycles. The second-order valence-corrected chi connectivity index (χ2v) is 15.8. The summed E-state index contributed by atoms with van der Waals surface area (Å²) in [4.78, 5) is 12.9. The zero-order valence-electron chi connectivity index (χ0n) is 23.7. The van der Waals surface area contributed by atoms with E-state index in [9.17, 15) is 21.6 Å². The number of hydrogen-bond donors (Lipinski definition) is 1. The number of benzene rings is 2. The lowest BCUT2D eigenvalue weighted by Gasteiger charge is -2.35. The Bertz CT molecular complexity index is 1540. The van der Waals surface area contributed by atoms with Crippen molar-refractivity contribution in [3.8, 4) is 11.1 Å². The smallest absolute Gasteiger partial charge is 0.258 e. The van der Waals surface area contributed by atoms with Gasteiger partial charge in [-0.1, -0.05) is 51.8 Å². The summed E-state index contributed by atoms with van der Waals surface area (Å²) >= 11 is 9.75. The number of sulfonamides is 1. The number of nitrogens with one attached hydrogen (secondary N) is 1. The Morgan fingerprint density at radius 1 is 1.12 bits per heavy atom. The maximum Gasteiger partial charge on any atom is 0.258 e. The summed E-state index contributed by atoms with van der Waals surface area (Å²) in [5, 5.41) is 3.93. The van der Waals surface area contributed by atoms with Gasteiger partial charge >= 0.3 is 0 Å². The predicted molar refractivity (Wildman–Crippen MR) is 166 cm³/mol. The SMILES string of the molecule is CC(C=CS(=O)(=O)CCCCC1OCCO1)NC(=O)C1(F)CCN(S(=O)(=O)c2ccc(Br)cc2-c2ccccc2Cl)CC1. The number of carbonyl (C=O) groups is 1. The summed E-state index contributed by atoms with van der Waals surface area (Å²) in [6.45, 7) is 2.22. The standard InChI is InChI=1S/C29H35BrClFN2O7S2/c1-21(11-19-42(36,37)18-5-4-8-27-40-16-17-41-27)33-28(35)29(32)12-14-34(15-13-29)43(38,39)26-10-9-22(30)20-24(26)23-6-2-3-7-25(23)31/h2-3,6-7,9-11,19-21,27H,4-5,8,12-18H2,1H3,(H,33,35). The number of ether oxygens (including phenoxy) is 2. The number of rotatable bonds is 12. The number of nitrogens with zero attached hydrogens (tertiary/aromatic N) is 1. The molecule has 0 spiro atoms. The number of alkyl halides is 1. The average molecular weight is 722 g/mol. The fourth-order valence-corrected chi connectivity index (χ4v) is 8.39. The molecule has 0 aromatic heterocycles. The summed E-state index contributed by atoms with van der Waals surface area (Å²) in [5.74, 6) is -0.971. The van der Waals surface area contributed by atoms with Gasteiger partial charge in [0.1, 0.15) is 0 Å². The molecule has 2 aromatic rings. The predicted octanol–water partition coefficient (Wildman–Crippen LogP) is 5.24. The Labute approximate surface area is 265 Å². The quantitative estimate of drug-likeness (QED) is 0.298. The minimum atomic E-state index is -4.05. The van der Waals surface area contributed by atoms with Gasteiger partial charge in [0.25, 0.3) is 5.91 Å². The molecule has 2 aromatic carbocycles. The van der Waals surface area contributed by atoms with Gasteiger partial charge < -0.3 is 14.8 Å². The first kappa shape index (κ1) is 34.0. The van der Waals surface area contributed by atoms with Crippen molar-refractivity contribution in [3.63, 3.8) is 0 Å². The van der Waals surface area contributed by atoms with Crippen LogP contribution in [0, 0.1) is 0 Å². The van der Waals surface area contributed by atoms with E-state index in [4.69, 9.17) is 21.1 Å². The Kier molecular flexibility index (Phi) is 11.5. The van der Waals surface area contributed by atoms with Crippen molar-refractivity contribution in [3.05, 3.63) is 63.4 Å². The fraction of sp³-hybridized carbons (Fsp3) is 0.483. The molecular weight excluding hydrogens is 687 g/mol. The van der Waals surface area contributed by atoms with Crippen molar-refractivity contribution in [1.29, 1.82) is 0 Å². The molecule has 2 heterocycles. The van der Waals surface area contributed by atoms with Crippen LogP contribution in [0.5, 0.6) is 0 Å². The van der Waals surface area contributed by atoms with Gasteiger partial charge in [0.15, 0.2) is 21.8 Å². The molecule has 1 atom stereocenters. The van der Waals surface area contributed by atoms with Gasteiger partial charge in [-0.2, -0.15) is 4.31 Å². The van der Waals surface area contributed by atoms with Crippen LogP contribution in [0.3, 0.4) is 0 Å². The molecular formula is C29H35BrClFN2O7S2. The van der Waals surface area contributed by atoms with E-state index >= 15 is 4.39 Å². The van der Waals surface area contributed by atoms with Crippen molar-refractivity contribution in [1.82, 2.24) is 9.62 Å². The molecule has 2 aliphatic rings. The van der Waals surface area contributed by atoms with Crippen molar-refractivity contribution in [2.45, 2.75) is 61.9 Å². The van der Waals surface area contributed by atoms with Crippen molar-refractivity contribution in [2.24, 2.45) is 0 Å². The Hall–Kier alpha value is -1.87. The summed E-state index contributed by atoms with van der Waals surface area (Å²) < 4.78 is 80.3. The van der Waals surface area contributed by atoms with E-state index in [-0.39, 0.29) is 42.9 Å². The molecule has 1 unspecified atom stereocenters. The van der Waals surface area contributed by atoms with Gasteiger partial charge in [0.2, 0.25) is 10.0 Å². The highest BCUT2D eigenvalue weighted by molar-refractivity contribution is 9.10. The van der Waals surface area contributed by atoms with E-state index in [0.717, 1.165) is 5.41 Å². The van der Waals surface area contributed by atoms with E-state index in [1.54, 1.807) is 43.3 Å². The normalized spacial score (nSPS) is 19.1. The van der Waals surface area contributed by atoms with Gasteiger partial charge in [0, 0.05) is 58.0 Å². The molecule has 236 valence electrons. The Morgan fingerprint density at radius 2 is 1.79 bits per heavy atom. The van der Waals surface area contributed by atoms with Crippen LogP contribution in [0.15, 0.2) is 63.3 Å². The van der Waals surface area contributed by atoms with Crippen LogP contribution in [-0.2, 0) is 34.1 Å². The van der Waals surface area contributed by atoms with Crippen LogP contribution in [0.2, 0.25) is 5.02 Å². The minimum Gasteiger partial charge on any atom is -0.350 e. The fourth-order valence-electron chi connectivity index (χ4n) is 4.94. The van der Waals surface area contributed by atoms with Gasteiger partial charge in [-0.15, -0.1) is 0 Å². The topological polar surface area (TPSA) is 119 Å². The van der Waals surface area contributed by atoms with Gasteiger partial charge in [-0.05, 0) is 50.5 Å². The third-order valence-corrected chi connectivity index (χ3v) is 11.6. The molecule has 0 aliphatic carbocycles. The lowest BCUT2D eigenvalue weighted by atomic mass is 9.93. The summed E-state index contributed by atoms with van der Waals surface area (Å²) in [5.41, 5.74) is -1.36. The van der Waals surface area contributed by atoms with Crippen LogP contribution < -0.4 is 5.32 Å². The maximum absolute atomic E-state index is 15.7. The Morgan fingerprint density at radius 3 is 2.47 bits per heavy atom. The number of hydrogen-bond acceptors (Lipinski definition) is 7. The van der Waals surface area contributed by atoms with E-state index in [1.807, 2.05) is 0 Å². The summed E-state index contributed by atoms with van der Waals surface area (Å²) in [6.07, 6.45) is 2.02. The van der Waals surface area contributed by atoms with Crippen LogP contribution >= 0.6 is 27.5 Å². The maximum atomic E-state index is 15.7. The molecule has 4 rings (SSSR count). The van der Waals surface area contributed by atoms with Crippen molar-refractivity contribution in [2.75, 3.05) is 32.1 Å². The third-order valence-electron chi connectivity index (χ3n) is 7.39. The number of unbranched alkanes of at least 4 members (excludes halogenated alkanes) is 1. The van der Waals surface area contributed by atoms with Crippen LogP contribution in [0.4, 0.5) is 4.39 Å². The van der Waals surface area contributed by atoms with Crippen LogP contribution in [0.1, 0.15) is 39.0 Å². The second kappa shape index (κ2) is 14.5. The summed E-state index contributed by atoms with van der Waals surface area (Å²) in [7, 11) is -7.57. The monoisotopic (exact) mass is 720 g/mol. The Balaban J connectivity index is 1.33. The molecule has 1 N–H and O–H groups in total. The van der Waals surface area contributed by atoms with Gasteiger partial charge in [-0.25, -0.2) is 21.2 Å². The van der Waals surface area contributed by atoms with Crippen LogP contribution in [-0.4, -0.2) is 77.1 Å². The highest BCUT2D eigenvalue weighted by atomic mass is 79.9. The number of halogens is 3. The molecule has 0 saturated carbocycles. The number of carbonyl (C=O) groups excluding carboxylic acids is 1. The van der Waals surface area contributed by atoms with Crippen LogP contribution in [0.25, 0.3) is 11.1 Å². The summed E-state index contributed by atoms with van der Waals surface area (Å²) in [6, 6.07) is 10.9. The first-order valence-corrected chi connectivity index (χ1v) is 18.3. The molecule has 9 nitrogen and oxygen atoms in total. The number of sulfone groups is 1. The third kappa shape index (κ3) is 8.86. The molecule has 0 bridgehead atoms. The number of amides is 1. The molecule has 2 fully saturated rings. The molecule has 43 heavy (non-hydrogen) atoms. The molecule has 2 aliphatic heterocycles. The largest absolute Gasteiger partial charge is 0.350 e. The average Bonchev–Trinajstić information content (AvgIpc) is 3.48. The van der Waals surface area contributed by atoms with E-state index in [1.165, 1.54) is 16.4 Å². The van der Waals surface area contributed by atoms with Crippen molar-refractivity contribution < 1.29 is 35.5 Å². The first-order valence-electron chi connectivity index (χ1n) is 14.0. The zero-order valence-corrected chi connectivity index (χ0v) is 27.7. The first-order chi connectivity index (χ1) is 20.3. The van der Waals surface area contributed by atoms with Gasteiger partial charge in [0.05, 0.1) is 23.9 Å².